The van der Waals surface area contributed by atoms with Crippen molar-refractivity contribution in [2.75, 3.05) is 26.0 Å². The molecule has 0 heterocycles. The fourth-order valence-corrected chi connectivity index (χ4v) is 4.31. The Labute approximate surface area is 178 Å². The first-order valence-corrected chi connectivity index (χ1v) is 11.1. The van der Waals surface area contributed by atoms with Crippen molar-refractivity contribution in [1.29, 1.82) is 0 Å². The lowest BCUT2D eigenvalue weighted by atomic mass is 10.1. The number of anilines is 1. The molecule has 152 valence electrons. The molecule has 3 rings (SSSR count). The Balaban J connectivity index is 1.69. The third-order valence-electron chi connectivity index (χ3n) is 4.37. The normalized spacial score (nSPS) is 11.6. The highest BCUT2D eigenvalue weighted by Gasteiger charge is 2.20. The Bertz CT molecular complexity index is 1180. The Kier molecular flexibility index (Phi) is 6.26. The summed E-state index contributed by atoms with van der Waals surface area (Å²) in [4.78, 5) is 12.4. The van der Waals surface area contributed by atoms with E-state index in [9.17, 15) is 13.2 Å². The third kappa shape index (κ3) is 4.95. The van der Waals surface area contributed by atoms with E-state index in [1.807, 2.05) is 30.3 Å². The molecular weight excluding hydrogens is 456 g/mol. The Morgan fingerprint density at radius 3 is 2.45 bits per heavy atom. The van der Waals surface area contributed by atoms with Crippen molar-refractivity contribution in [1.82, 2.24) is 4.31 Å². The van der Waals surface area contributed by atoms with Crippen LogP contribution in [0.25, 0.3) is 10.8 Å². The van der Waals surface area contributed by atoms with Crippen molar-refractivity contribution in [2.24, 2.45) is 0 Å². The molecule has 6 nitrogen and oxygen atoms in total. The molecule has 0 atom stereocenters. The Hall–Kier alpha value is -2.42. The van der Waals surface area contributed by atoms with Crippen molar-refractivity contribution >= 4 is 48.3 Å². The van der Waals surface area contributed by atoms with Crippen LogP contribution in [0.1, 0.15) is 5.56 Å². The number of aryl methyl sites for hydroxylation is 1. The van der Waals surface area contributed by atoms with Gasteiger partial charge in [-0.25, -0.2) is 12.7 Å². The number of nitrogens with zero attached hydrogens (tertiary/aromatic N) is 1. The number of nitrogens with one attached hydrogen (secondary N) is 1. The quantitative estimate of drug-likeness (QED) is 0.578. The first-order chi connectivity index (χ1) is 13.7. The van der Waals surface area contributed by atoms with Crippen LogP contribution >= 0.6 is 15.9 Å². The first-order valence-electron chi connectivity index (χ1n) is 8.82. The summed E-state index contributed by atoms with van der Waals surface area (Å²) in [6.45, 7) is 1.52. The number of hydrogen-bond donors (Lipinski definition) is 1. The molecule has 3 aromatic rings. The second-order valence-electron chi connectivity index (χ2n) is 6.76. The summed E-state index contributed by atoms with van der Waals surface area (Å²) >= 11 is 3.44. The fourth-order valence-electron chi connectivity index (χ4n) is 2.78. The number of carbonyl (C=O) groups is 1. The highest BCUT2D eigenvalue weighted by Crippen LogP contribution is 2.25. The van der Waals surface area contributed by atoms with Crippen LogP contribution in [0.15, 0.2) is 64.0 Å². The number of sulfonamides is 1. The average Bonchev–Trinajstić information content (AvgIpc) is 2.67. The number of halogens is 1. The van der Waals surface area contributed by atoms with Crippen molar-refractivity contribution in [3.05, 3.63) is 64.6 Å². The van der Waals surface area contributed by atoms with Crippen molar-refractivity contribution < 1.29 is 17.9 Å². The monoisotopic (exact) mass is 476 g/mol. The fraction of sp³-hybridized carbons (Fsp3) is 0.190. The molecule has 0 saturated heterocycles. The van der Waals surface area contributed by atoms with Gasteiger partial charge in [0.2, 0.25) is 10.0 Å². The van der Waals surface area contributed by atoms with E-state index in [1.54, 1.807) is 25.1 Å². The van der Waals surface area contributed by atoms with E-state index in [0.29, 0.717) is 17.0 Å². The molecule has 0 unspecified atom stereocenters. The van der Waals surface area contributed by atoms with Gasteiger partial charge in [0.25, 0.3) is 5.91 Å². The lowest BCUT2D eigenvalue weighted by molar-refractivity contribution is -0.118. The SMILES string of the molecule is Cc1ccc(NC(=O)COc2ccc3cc(Br)ccc3c2)cc1S(=O)(=O)N(C)C. The summed E-state index contributed by atoms with van der Waals surface area (Å²) in [6, 6.07) is 16.3. The number of fused-ring (bicyclic) bond motifs is 1. The van der Waals surface area contributed by atoms with Gasteiger partial charge >= 0.3 is 0 Å². The van der Waals surface area contributed by atoms with Crippen LogP contribution in [0.2, 0.25) is 0 Å². The molecule has 0 bridgehead atoms. The topological polar surface area (TPSA) is 75.7 Å². The molecule has 1 N–H and O–H groups in total. The van der Waals surface area contributed by atoms with E-state index >= 15 is 0 Å². The average molecular weight is 477 g/mol. The molecule has 0 aromatic heterocycles. The van der Waals surface area contributed by atoms with Crippen LogP contribution < -0.4 is 10.1 Å². The van der Waals surface area contributed by atoms with E-state index in [4.69, 9.17) is 4.74 Å². The predicted molar refractivity (Wildman–Crippen MR) is 118 cm³/mol. The van der Waals surface area contributed by atoms with Gasteiger partial charge < -0.3 is 10.1 Å². The predicted octanol–water partition coefficient (Wildman–Crippen LogP) is 4.18. The maximum atomic E-state index is 12.4. The van der Waals surface area contributed by atoms with E-state index in [2.05, 4.69) is 21.2 Å². The van der Waals surface area contributed by atoms with Gasteiger partial charge in [-0.1, -0.05) is 34.1 Å². The minimum Gasteiger partial charge on any atom is -0.484 e. The molecule has 29 heavy (non-hydrogen) atoms. The molecule has 0 aliphatic heterocycles. The van der Waals surface area contributed by atoms with E-state index < -0.39 is 10.0 Å². The van der Waals surface area contributed by atoms with Gasteiger partial charge in [0.15, 0.2) is 6.61 Å². The molecule has 8 heteroatoms. The van der Waals surface area contributed by atoms with E-state index in [0.717, 1.165) is 19.6 Å². The van der Waals surface area contributed by atoms with Crippen LogP contribution in [-0.4, -0.2) is 39.3 Å². The van der Waals surface area contributed by atoms with Crippen LogP contribution in [0.4, 0.5) is 5.69 Å². The number of hydrogen-bond acceptors (Lipinski definition) is 4. The molecule has 0 aliphatic rings. The summed E-state index contributed by atoms with van der Waals surface area (Å²) in [5.41, 5.74) is 1.00. The summed E-state index contributed by atoms with van der Waals surface area (Å²) in [5, 5.41) is 4.75. The molecule has 0 saturated carbocycles. The number of benzene rings is 3. The smallest absolute Gasteiger partial charge is 0.262 e. The Morgan fingerprint density at radius 2 is 1.72 bits per heavy atom. The molecule has 0 radical (unpaired) electrons. The number of ether oxygens (including phenoxy) is 1. The number of amides is 1. The zero-order valence-electron chi connectivity index (χ0n) is 16.3. The summed E-state index contributed by atoms with van der Waals surface area (Å²) in [7, 11) is -0.661. The number of rotatable bonds is 6. The minimum atomic E-state index is -3.60. The molecule has 0 aliphatic carbocycles. The second-order valence-corrected chi connectivity index (χ2v) is 9.79. The van der Waals surface area contributed by atoms with Gasteiger partial charge in [-0.05, 0) is 59.7 Å². The van der Waals surface area contributed by atoms with Gasteiger partial charge in [-0.3, -0.25) is 4.79 Å². The standard InChI is InChI=1S/C21H21BrN2O4S/c1-14-4-8-18(12-20(14)29(26,27)24(2)3)23-21(25)13-28-19-9-6-15-10-17(22)7-5-16(15)11-19/h4-12H,13H2,1-3H3,(H,23,25). The largest absolute Gasteiger partial charge is 0.484 e. The second kappa shape index (κ2) is 8.52. The van der Waals surface area contributed by atoms with Gasteiger partial charge in [0.1, 0.15) is 5.75 Å². The van der Waals surface area contributed by atoms with Crippen LogP contribution in [-0.2, 0) is 14.8 Å². The summed E-state index contributed by atoms with van der Waals surface area (Å²) < 4.78 is 32.6. The molecule has 1 amide bonds. The van der Waals surface area contributed by atoms with Gasteiger partial charge in [-0.15, -0.1) is 0 Å². The third-order valence-corrected chi connectivity index (χ3v) is 6.82. The first kappa shape index (κ1) is 21.3. The molecule has 0 fully saturated rings. The van der Waals surface area contributed by atoms with Crippen LogP contribution in [0.5, 0.6) is 5.75 Å². The van der Waals surface area contributed by atoms with Gasteiger partial charge in [0, 0.05) is 24.3 Å². The zero-order chi connectivity index (χ0) is 21.2. The maximum absolute atomic E-state index is 12.4. The molecular formula is C21H21BrN2O4S. The minimum absolute atomic E-state index is 0.155. The van der Waals surface area contributed by atoms with Gasteiger partial charge in [-0.2, -0.15) is 0 Å². The number of carbonyl (C=O) groups excluding carboxylic acids is 1. The zero-order valence-corrected chi connectivity index (χ0v) is 18.7. The van der Waals surface area contributed by atoms with Crippen LogP contribution in [0, 0.1) is 6.92 Å². The summed E-state index contributed by atoms with van der Waals surface area (Å²) in [5.74, 6) is 0.202. The maximum Gasteiger partial charge on any atom is 0.262 e. The van der Waals surface area contributed by atoms with E-state index in [1.165, 1.54) is 20.2 Å². The lowest BCUT2D eigenvalue weighted by Gasteiger charge is -2.15. The summed E-state index contributed by atoms with van der Waals surface area (Å²) in [6.07, 6.45) is 0. The highest BCUT2D eigenvalue weighted by atomic mass is 79.9. The highest BCUT2D eigenvalue weighted by molar-refractivity contribution is 9.10. The Morgan fingerprint density at radius 1 is 1.03 bits per heavy atom. The van der Waals surface area contributed by atoms with Gasteiger partial charge in [0.05, 0.1) is 4.90 Å². The van der Waals surface area contributed by atoms with Crippen molar-refractivity contribution in [3.8, 4) is 5.75 Å². The lowest BCUT2D eigenvalue weighted by Crippen LogP contribution is -2.24. The van der Waals surface area contributed by atoms with E-state index in [-0.39, 0.29) is 17.4 Å². The van der Waals surface area contributed by atoms with Crippen molar-refractivity contribution in [2.45, 2.75) is 11.8 Å². The van der Waals surface area contributed by atoms with Crippen LogP contribution in [0.3, 0.4) is 0 Å². The molecule has 0 spiro atoms. The molecule has 3 aromatic carbocycles. The van der Waals surface area contributed by atoms with Crippen molar-refractivity contribution in [3.63, 3.8) is 0 Å².